The molecule has 0 radical (unpaired) electrons. The molecule has 5 heteroatoms. The Morgan fingerprint density at radius 3 is 2.37 bits per heavy atom. The molecule has 3 rings (SSSR count). The first-order valence-corrected chi connectivity index (χ1v) is 10.6. The van der Waals surface area contributed by atoms with Crippen molar-refractivity contribution < 1.29 is 4.79 Å². The maximum absolute atomic E-state index is 12.9. The third-order valence-corrected chi connectivity index (χ3v) is 6.06. The fourth-order valence-corrected chi connectivity index (χ4v) is 4.37. The van der Waals surface area contributed by atoms with Gasteiger partial charge in [0, 0.05) is 32.2 Å². The zero-order valence-corrected chi connectivity index (χ0v) is 17.1. The van der Waals surface area contributed by atoms with Crippen LogP contribution in [0.2, 0.25) is 0 Å². The van der Waals surface area contributed by atoms with Gasteiger partial charge in [-0.15, -0.1) is 0 Å². The molecule has 1 heterocycles. The molecule has 150 valence electrons. The number of nitrogens with one attached hydrogen (secondary N) is 1. The number of piperazine rings is 1. The number of amides is 2. The minimum Gasteiger partial charge on any atom is -0.331 e. The monoisotopic (exact) mass is 372 g/mol. The van der Waals surface area contributed by atoms with E-state index in [1.807, 2.05) is 23.1 Å². The van der Waals surface area contributed by atoms with Gasteiger partial charge in [0.15, 0.2) is 0 Å². The summed E-state index contributed by atoms with van der Waals surface area (Å²) in [4.78, 5) is 19.7. The van der Waals surface area contributed by atoms with Crippen LogP contribution in [0.3, 0.4) is 0 Å². The van der Waals surface area contributed by atoms with Crippen LogP contribution in [0.1, 0.15) is 50.1 Å². The van der Waals surface area contributed by atoms with E-state index in [1.165, 1.54) is 37.7 Å². The SMILES string of the molecule is CN(C)CC[C@H](NC(=O)N1CCN(C2CCCCC2)CC1)c1ccccc1. The van der Waals surface area contributed by atoms with E-state index in [0.29, 0.717) is 0 Å². The lowest BCUT2D eigenvalue weighted by Crippen LogP contribution is -2.54. The third kappa shape index (κ3) is 5.94. The Labute approximate surface area is 164 Å². The van der Waals surface area contributed by atoms with E-state index in [-0.39, 0.29) is 12.1 Å². The van der Waals surface area contributed by atoms with Gasteiger partial charge in [0.1, 0.15) is 0 Å². The van der Waals surface area contributed by atoms with E-state index in [9.17, 15) is 4.79 Å². The van der Waals surface area contributed by atoms with Gasteiger partial charge in [-0.05, 0) is 45.5 Å². The minimum atomic E-state index is 0.0671. The topological polar surface area (TPSA) is 38.8 Å². The number of urea groups is 1. The fourth-order valence-electron chi connectivity index (χ4n) is 4.37. The van der Waals surface area contributed by atoms with Crippen LogP contribution >= 0.6 is 0 Å². The van der Waals surface area contributed by atoms with Gasteiger partial charge in [0.25, 0.3) is 0 Å². The molecule has 1 atom stereocenters. The van der Waals surface area contributed by atoms with Gasteiger partial charge in [-0.3, -0.25) is 4.90 Å². The van der Waals surface area contributed by atoms with E-state index in [1.54, 1.807) is 0 Å². The molecular weight excluding hydrogens is 336 g/mol. The molecule has 5 nitrogen and oxygen atoms in total. The predicted octanol–water partition coefficient (Wildman–Crippen LogP) is 3.34. The lowest BCUT2D eigenvalue weighted by molar-refractivity contribution is 0.0895. The highest BCUT2D eigenvalue weighted by Gasteiger charge is 2.28. The van der Waals surface area contributed by atoms with Crippen molar-refractivity contribution in [2.75, 3.05) is 46.8 Å². The number of hydrogen-bond donors (Lipinski definition) is 1. The maximum atomic E-state index is 12.9. The van der Waals surface area contributed by atoms with Crippen LogP contribution in [0.4, 0.5) is 4.79 Å². The largest absolute Gasteiger partial charge is 0.331 e. The number of nitrogens with zero attached hydrogens (tertiary/aromatic N) is 3. The van der Waals surface area contributed by atoms with Gasteiger partial charge in [-0.25, -0.2) is 4.79 Å². The quantitative estimate of drug-likeness (QED) is 0.832. The van der Waals surface area contributed by atoms with Crippen LogP contribution < -0.4 is 5.32 Å². The van der Waals surface area contributed by atoms with Crippen molar-refractivity contribution in [1.82, 2.24) is 20.0 Å². The standard InChI is InChI=1S/C22H36N4O/c1-24(2)14-13-21(19-9-5-3-6-10-19)23-22(27)26-17-15-25(16-18-26)20-11-7-4-8-12-20/h3,5-6,9-10,20-21H,4,7-8,11-18H2,1-2H3,(H,23,27)/t21-/m0/s1. The van der Waals surface area contributed by atoms with Crippen LogP contribution in [0.5, 0.6) is 0 Å². The van der Waals surface area contributed by atoms with Crippen molar-refractivity contribution in [2.24, 2.45) is 0 Å². The van der Waals surface area contributed by atoms with Gasteiger partial charge in [-0.1, -0.05) is 49.6 Å². The van der Waals surface area contributed by atoms with Crippen molar-refractivity contribution in [3.8, 4) is 0 Å². The smallest absolute Gasteiger partial charge is 0.317 e. The molecule has 1 saturated heterocycles. The molecular formula is C22H36N4O. The molecule has 1 aliphatic carbocycles. The molecule has 27 heavy (non-hydrogen) atoms. The van der Waals surface area contributed by atoms with Crippen molar-refractivity contribution >= 4 is 6.03 Å². The number of rotatable bonds is 6. The van der Waals surface area contributed by atoms with Crippen LogP contribution in [-0.4, -0.2) is 73.6 Å². The zero-order valence-electron chi connectivity index (χ0n) is 17.1. The van der Waals surface area contributed by atoms with Crippen LogP contribution in [0, 0.1) is 0 Å². The van der Waals surface area contributed by atoms with Crippen LogP contribution in [0.15, 0.2) is 30.3 Å². The highest BCUT2D eigenvalue weighted by Crippen LogP contribution is 2.24. The summed E-state index contributed by atoms with van der Waals surface area (Å²) < 4.78 is 0. The van der Waals surface area contributed by atoms with Gasteiger partial charge in [-0.2, -0.15) is 0 Å². The van der Waals surface area contributed by atoms with E-state index >= 15 is 0 Å². The lowest BCUT2D eigenvalue weighted by Gasteiger charge is -2.41. The normalized spacial score (nSPS) is 20.6. The first kappa shape index (κ1) is 20.2. The Hall–Kier alpha value is -1.59. The summed E-state index contributed by atoms with van der Waals surface area (Å²) in [5.74, 6) is 0. The second-order valence-electron chi connectivity index (χ2n) is 8.32. The summed E-state index contributed by atoms with van der Waals surface area (Å²) >= 11 is 0. The summed E-state index contributed by atoms with van der Waals surface area (Å²) in [7, 11) is 4.16. The predicted molar refractivity (Wildman–Crippen MR) is 111 cm³/mol. The lowest BCUT2D eigenvalue weighted by atomic mass is 9.94. The van der Waals surface area contributed by atoms with Crippen molar-refractivity contribution in [3.63, 3.8) is 0 Å². The molecule has 1 aromatic carbocycles. The highest BCUT2D eigenvalue weighted by molar-refractivity contribution is 5.74. The highest BCUT2D eigenvalue weighted by atomic mass is 16.2. The molecule has 1 aromatic rings. The van der Waals surface area contributed by atoms with Crippen molar-refractivity contribution in [3.05, 3.63) is 35.9 Å². The molecule has 1 aliphatic heterocycles. The summed E-state index contributed by atoms with van der Waals surface area (Å²) in [6.45, 7) is 4.68. The average Bonchev–Trinajstić information content (AvgIpc) is 2.72. The molecule has 1 N–H and O–H groups in total. The number of carbonyl (C=O) groups excluding carboxylic acids is 1. The molecule has 0 bridgehead atoms. The number of carbonyl (C=O) groups is 1. The van der Waals surface area contributed by atoms with E-state index in [2.05, 4.69) is 41.3 Å². The van der Waals surface area contributed by atoms with Gasteiger partial charge >= 0.3 is 6.03 Å². The molecule has 1 saturated carbocycles. The maximum Gasteiger partial charge on any atom is 0.317 e. The summed E-state index contributed by atoms with van der Waals surface area (Å²) in [5.41, 5.74) is 1.19. The van der Waals surface area contributed by atoms with Crippen LogP contribution in [0.25, 0.3) is 0 Å². The molecule has 0 aromatic heterocycles. The van der Waals surface area contributed by atoms with Crippen LogP contribution in [-0.2, 0) is 0 Å². The minimum absolute atomic E-state index is 0.0671. The zero-order chi connectivity index (χ0) is 19.1. The van der Waals surface area contributed by atoms with Crippen molar-refractivity contribution in [2.45, 2.75) is 50.6 Å². The van der Waals surface area contributed by atoms with E-state index in [4.69, 9.17) is 0 Å². The Morgan fingerprint density at radius 2 is 1.74 bits per heavy atom. The first-order valence-electron chi connectivity index (χ1n) is 10.6. The summed E-state index contributed by atoms with van der Waals surface area (Å²) in [6.07, 6.45) is 7.74. The third-order valence-electron chi connectivity index (χ3n) is 6.06. The Morgan fingerprint density at radius 1 is 1.07 bits per heavy atom. The summed E-state index contributed by atoms with van der Waals surface area (Å²) in [5, 5.41) is 3.29. The second-order valence-corrected chi connectivity index (χ2v) is 8.32. The van der Waals surface area contributed by atoms with Crippen molar-refractivity contribution in [1.29, 1.82) is 0 Å². The molecule has 0 spiro atoms. The molecule has 2 aliphatic rings. The van der Waals surface area contributed by atoms with Gasteiger partial charge in [0.05, 0.1) is 6.04 Å². The van der Waals surface area contributed by atoms with Gasteiger partial charge in [0.2, 0.25) is 0 Å². The van der Waals surface area contributed by atoms with Gasteiger partial charge < -0.3 is 15.1 Å². The number of hydrogen-bond acceptors (Lipinski definition) is 3. The fraction of sp³-hybridized carbons (Fsp3) is 0.682. The van der Waals surface area contributed by atoms with E-state index < -0.39 is 0 Å². The second kappa shape index (κ2) is 10.1. The molecule has 2 fully saturated rings. The molecule has 2 amide bonds. The Balaban J connectivity index is 1.52. The Bertz CT molecular complexity index is 563. The molecule has 0 unspecified atom stereocenters. The van der Waals surface area contributed by atoms with E-state index in [0.717, 1.165) is 45.2 Å². The summed E-state index contributed by atoms with van der Waals surface area (Å²) in [6, 6.07) is 11.3. The first-order chi connectivity index (χ1) is 13.1. The number of benzene rings is 1. The average molecular weight is 373 g/mol. The Kier molecular flexibility index (Phi) is 7.53.